The van der Waals surface area contributed by atoms with E-state index in [9.17, 15) is 0 Å². The van der Waals surface area contributed by atoms with Gasteiger partial charge in [0.15, 0.2) is 6.33 Å². The molecule has 0 aliphatic carbocycles. The highest BCUT2D eigenvalue weighted by molar-refractivity contribution is 4.92. The van der Waals surface area contributed by atoms with Gasteiger partial charge in [-0.05, 0) is 6.07 Å². The van der Waals surface area contributed by atoms with Crippen LogP contribution in [0, 0.1) is 0 Å². The standard InChI is InChI=1S/C7H7N4/c1-2-8-6-11(5-1)7-9-3-4-10-7/h1-6H,(H,9,10)/q+1. The van der Waals surface area contributed by atoms with Crippen molar-refractivity contribution in [2.24, 2.45) is 0 Å². The molecule has 0 unspecified atom stereocenters. The van der Waals surface area contributed by atoms with E-state index in [-0.39, 0.29) is 0 Å². The number of rotatable bonds is 1. The maximum atomic E-state index is 4.05. The first-order valence-corrected chi connectivity index (χ1v) is 3.28. The van der Waals surface area contributed by atoms with Crippen LogP contribution in [0.3, 0.4) is 0 Å². The summed E-state index contributed by atoms with van der Waals surface area (Å²) in [5, 5.41) is 0. The van der Waals surface area contributed by atoms with Gasteiger partial charge in [-0.15, -0.1) is 4.98 Å². The second-order valence-corrected chi connectivity index (χ2v) is 2.08. The van der Waals surface area contributed by atoms with E-state index >= 15 is 0 Å². The summed E-state index contributed by atoms with van der Waals surface area (Å²) in [6, 6.07) is 1.85. The zero-order valence-electron chi connectivity index (χ0n) is 5.81. The summed E-state index contributed by atoms with van der Waals surface area (Å²) in [7, 11) is 0. The molecule has 0 aromatic carbocycles. The summed E-state index contributed by atoms with van der Waals surface area (Å²) in [4.78, 5) is 11.0. The first kappa shape index (κ1) is 6.03. The van der Waals surface area contributed by atoms with Crippen LogP contribution in [0.5, 0.6) is 0 Å². The average molecular weight is 147 g/mol. The highest BCUT2D eigenvalue weighted by atomic mass is 15.2. The van der Waals surface area contributed by atoms with Crippen molar-refractivity contribution in [1.82, 2.24) is 15.0 Å². The number of nitrogens with one attached hydrogen (secondary N) is 1. The Labute approximate surface area is 63.6 Å². The van der Waals surface area contributed by atoms with Crippen molar-refractivity contribution in [1.29, 1.82) is 0 Å². The molecule has 0 fully saturated rings. The van der Waals surface area contributed by atoms with Crippen LogP contribution in [0.1, 0.15) is 0 Å². The van der Waals surface area contributed by atoms with Crippen LogP contribution >= 0.6 is 0 Å². The first-order chi connectivity index (χ1) is 5.47. The number of aromatic amines is 1. The van der Waals surface area contributed by atoms with Gasteiger partial charge in [0.05, 0.1) is 18.6 Å². The van der Waals surface area contributed by atoms with Crippen LogP contribution in [0.25, 0.3) is 5.95 Å². The first-order valence-electron chi connectivity index (χ1n) is 3.28. The lowest BCUT2D eigenvalue weighted by atomic mass is 10.6. The van der Waals surface area contributed by atoms with Crippen molar-refractivity contribution < 1.29 is 4.57 Å². The lowest BCUT2D eigenvalue weighted by Gasteiger charge is -1.89. The van der Waals surface area contributed by atoms with Gasteiger partial charge in [0, 0.05) is 0 Å². The molecule has 1 N–H and O–H groups in total. The molecule has 2 aromatic rings. The maximum absolute atomic E-state index is 4.05. The van der Waals surface area contributed by atoms with Gasteiger partial charge in [-0.3, -0.25) is 4.98 Å². The molecular weight excluding hydrogens is 140 g/mol. The minimum absolute atomic E-state index is 0.776. The van der Waals surface area contributed by atoms with Crippen molar-refractivity contribution in [3.05, 3.63) is 37.2 Å². The van der Waals surface area contributed by atoms with Crippen LogP contribution in [0.4, 0.5) is 0 Å². The van der Waals surface area contributed by atoms with Crippen LogP contribution in [-0.4, -0.2) is 15.0 Å². The number of nitrogens with zero attached hydrogens (tertiary/aromatic N) is 3. The highest BCUT2D eigenvalue weighted by Gasteiger charge is 2.01. The van der Waals surface area contributed by atoms with E-state index in [0.717, 1.165) is 5.95 Å². The van der Waals surface area contributed by atoms with Gasteiger partial charge in [0.25, 0.3) is 0 Å². The highest BCUT2D eigenvalue weighted by Crippen LogP contribution is 1.84. The Kier molecular flexibility index (Phi) is 1.37. The molecule has 0 saturated carbocycles. The minimum atomic E-state index is 0.776. The van der Waals surface area contributed by atoms with Gasteiger partial charge < -0.3 is 0 Å². The monoisotopic (exact) mass is 147 g/mol. The van der Waals surface area contributed by atoms with Crippen molar-refractivity contribution in [2.45, 2.75) is 0 Å². The SMILES string of the molecule is c1cnc[n+](-c2ncc[nH]2)c1. The largest absolute Gasteiger partial charge is 0.355 e. The topological polar surface area (TPSA) is 45.5 Å². The van der Waals surface area contributed by atoms with E-state index in [4.69, 9.17) is 0 Å². The molecule has 11 heavy (non-hydrogen) atoms. The molecular formula is C7H7N4+. The molecule has 0 bridgehead atoms. The molecule has 0 aliphatic heterocycles. The molecule has 0 aliphatic rings. The molecule has 2 aromatic heterocycles. The number of imidazole rings is 1. The Hall–Kier alpha value is -1.71. The fourth-order valence-electron chi connectivity index (χ4n) is 0.853. The number of aromatic nitrogens is 4. The quantitative estimate of drug-likeness (QED) is 0.581. The summed E-state index contributed by atoms with van der Waals surface area (Å²) in [5.41, 5.74) is 0. The van der Waals surface area contributed by atoms with Crippen molar-refractivity contribution in [3.63, 3.8) is 0 Å². The zero-order chi connectivity index (χ0) is 7.52. The van der Waals surface area contributed by atoms with E-state index in [1.165, 1.54) is 0 Å². The van der Waals surface area contributed by atoms with E-state index in [1.807, 2.05) is 12.3 Å². The van der Waals surface area contributed by atoms with E-state index in [0.29, 0.717) is 0 Å². The molecule has 2 rings (SSSR count). The lowest BCUT2D eigenvalue weighted by Crippen LogP contribution is -2.31. The van der Waals surface area contributed by atoms with Crippen LogP contribution < -0.4 is 4.57 Å². The van der Waals surface area contributed by atoms with Crippen LogP contribution in [0.15, 0.2) is 37.2 Å². The molecule has 54 valence electrons. The Morgan fingerprint density at radius 3 is 3.00 bits per heavy atom. The van der Waals surface area contributed by atoms with Crippen molar-refractivity contribution in [2.75, 3.05) is 0 Å². The molecule has 0 saturated heterocycles. The Bertz CT molecular complexity index is 313. The van der Waals surface area contributed by atoms with Crippen LogP contribution in [0.2, 0.25) is 0 Å². The Balaban J connectivity index is 2.46. The third kappa shape index (κ3) is 1.10. The zero-order valence-corrected chi connectivity index (χ0v) is 5.81. The van der Waals surface area contributed by atoms with Crippen molar-refractivity contribution in [3.8, 4) is 5.95 Å². The van der Waals surface area contributed by atoms with Crippen LogP contribution in [-0.2, 0) is 0 Å². The molecule has 4 heteroatoms. The molecule has 4 nitrogen and oxygen atoms in total. The van der Waals surface area contributed by atoms with Gasteiger partial charge >= 0.3 is 5.95 Å². The number of hydrogen-bond acceptors (Lipinski definition) is 2. The second kappa shape index (κ2) is 2.49. The maximum Gasteiger partial charge on any atom is 0.355 e. The third-order valence-electron chi connectivity index (χ3n) is 1.34. The van der Waals surface area contributed by atoms with E-state index < -0.39 is 0 Å². The smallest absolute Gasteiger partial charge is 0.266 e. The number of H-pyrrole nitrogens is 1. The van der Waals surface area contributed by atoms with Gasteiger partial charge in [0.2, 0.25) is 0 Å². The number of hydrogen-bond donors (Lipinski definition) is 1. The molecule has 0 atom stereocenters. The predicted molar refractivity (Wildman–Crippen MR) is 37.9 cm³/mol. The summed E-state index contributed by atoms with van der Waals surface area (Å²) in [6.07, 6.45) is 8.77. The lowest BCUT2D eigenvalue weighted by molar-refractivity contribution is -0.606. The van der Waals surface area contributed by atoms with Gasteiger partial charge in [0.1, 0.15) is 6.20 Å². The third-order valence-corrected chi connectivity index (χ3v) is 1.34. The van der Waals surface area contributed by atoms with Gasteiger partial charge in [-0.25, -0.2) is 4.57 Å². The molecule has 0 spiro atoms. The molecule has 0 amide bonds. The van der Waals surface area contributed by atoms with E-state index in [2.05, 4.69) is 15.0 Å². The molecule has 0 radical (unpaired) electrons. The fraction of sp³-hybridized carbons (Fsp3) is 0. The normalized spacial score (nSPS) is 9.82. The summed E-state index contributed by atoms with van der Waals surface area (Å²) in [5.74, 6) is 0.776. The Morgan fingerprint density at radius 1 is 1.36 bits per heavy atom. The fourth-order valence-corrected chi connectivity index (χ4v) is 0.853. The van der Waals surface area contributed by atoms with Crippen molar-refractivity contribution >= 4 is 0 Å². The summed E-state index contributed by atoms with van der Waals surface area (Å²) >= 11 is 0. The predicted octanol–water partition coefficient (Wildman–Crippen LogP) is 0.0814. The minimum Gasteiger partial charge on any atom is -0.266 e. The van der Waals surface area contributed by atoms with Gasteiger partial charge in [-0.2, -0.15) is 4.98 Å². The van der Waals surface area contributed by atoms with E-state index in [1.54, 1.807) is 29.5 Å². The summed E-state index contributed by atoms with van der Waals surface area (Å²) < 4.78 is 1.81. The Morgan fingerprint density at radius 2 is 2.36 bits per heavy atom. The van der Waals surface area contributed by atoms with Gasteiger partial charge in [-0.1, -0.05) is 0 Å². The summed E-state index contributed by atoms with van der Waals surface area (Å²) in [6.45, 7) is 0. The average Bonchev–Trinajstić information content (AvgIpc) is 2.58. The molecule has 2 heterocycles. The second-order valence-electron chi connectivity index (χ2n) is 2.08.